The summed E-state index contributed by atoms with van der Waals surface area (Å²) in [6.07, 6.45) is 37.4. The summed E-state index contributed by atoms with van der Waals surface area (Å²) in [5.41, 5.74) is 13.1. The standard InChI is InChI=1S/C58H52N4/c1-5-8-29-48(7-3)59-57-44-43-56(46-58(57,4)47-27-15-9-10-16-28-47)60(45-25-38-50(26-6-2)61(51-30-17-11-18-31-51)52-32-19-12-20-33-52)49-39-41-55(42-40-49)62(53-34-21-13-22-35-53)54-36-23-14-24-37-54/h2,5,7-9,11-44,46,57,59H,3,45H2,1,4H3/b8-5-,38-25-,48-29+,50-26+. The molecular weight excluding hydrogens is 753 g/mol. The van der Waals surface area contributed by atoms with E-state index < -0.39 is 5.41 Å². The molecule has 0 aromatic heterocycles. The highest BCUT2D eigenvalue weighted by atomic mass is 15.2. The van der Waals surface area contributed by atoms with Gasteiger partial charge in [-0.3, -0.25) is 0 Å². The highest BCUT2D eigenvalue weighted by Gasteiger charge is 2.37. The van der Waals surface area contributed by atoms with Crippen LogP contribution in [0.15, 0.2) is 272 Å². The predicted octanol–water partition coefficient (Wildman–Crippen LogP) is 14.1. The van der Waals surface area contributed by atoms with Gasteiger partial charge >= 0.3 is 0 Å². The Kier molecular flexibility index (Phi) is 14.2. The first-order valence-electron chi connectivity index (χ1n) is 21.0. The minimum atomic E-state index is -0.472. The van der Waals surface area contributed by atoms with Crippen LogP contribution in [0, 0.1) is 17.8 Å². The molecule has 1 N–H and O–H groups in total. The van der Waals surface area contributed by atoms with Gasteiger partial charge in [-0.15, -0.1) is 12.2 Å². The third kappa shape index (κ3) is 10.1. The predicted molar refractivity (Wildman–Crippen MR) is 265 cm³/mol. The van der Waals surface area contributed by atoms with Crippen LogP contribution in [-0.4, -0.2) is 12.6 Å². The minimum absolute atomic E-state index is 0.0799. The van der Waals surface area contributed by atoms with Crippen LogP contribution < -0.4 is 20.0 Å². The van der Waals surface area contributed by atoms with Crippen molar-refractivity contribution in [3.05, 3.63) is 272 Å². The molecule has 2 aliphatic carbocycles. The molecule has 2 unspecified atom stereocenters. The van der Waals surface area contributed by atoms with Crippen molar-refractivity contribution >= 4 is 34.1 Å². The molecule has 0 radical (unpaired) electrons. The monoisotopic (exact) mass is 804 g/mol. The molecule has 4 nitrogen and oxygen atoms in total. The van der Waals surface area contributed by atoms with Crippen LogP contribution in [-0.2, 0) is 0 Å². The van der Waals surface area contributed by atoms with E-state index in [1.165, 1.54) is 0 Å². The highest BCUT2D eigenvalue weighted by Crippen LogP contribution is 2.42. The Morgan fingerprint density at radius 2 is 1.32 bits per heavy atom. The van der Waals surface area contributed by atoms with Crippen molar-refractivity contribution in [3.63, 3.8) is 0 Å². The van der Waals surface area contributed by atoms with Crippen molar-refractivity contribution in [1.82, 2.24) is 5.32 Å². The summed E-state index contributed by atoms with van der Waals surface area (Å²) in [6.45, 7) is 8.97. The van der Waals surface area contributed by atoms with Gasteiger partial charge in [-0.05, 0) is 135 Å². The third-order valence-electron chi connectivity index (χ3n) is 10.9. The van der Waals surface area contributed by atoms with Crippen molar-refractivity contribution < 1.29 is 0 Å². The smallest absolute Gasteiger partial charge is 0.0577 e. The molecule has 0 saturated heterocycles. The lowest BCUT2D eigenvalue weighted by molar-refractivity contribution is 0.410. The zero-order chi connectivity index (χ0) is 43.0. The molecule has 7 rings (SSSR count). The van der Waals surface area contributed by atoms with Crippen LogP contribution in [0.25, 0.3) is 0 Å². The quantitative estimate of drug-likeness (QED) is 0.0609. The van der Waals surface area contributed by atoms with E-state index in [0.29, 0.717) is 6.54 Å². The lowest BCUT2D eigenvalue weighted by atomic mass is 9.71. The fourth-order valence-corrected chi connectivity index (χ4v) is 7.73. The molecule has 0 aliphatic heterocycles. The van der Waals surface area contributed by atoms with Crippen molar-refractivity contribution in [2.45, 2.75) is 19.9 Å². The van der Waals surface area contributed by atoms with Crippen molar-refractivity contribution in [3.8, 4) is 12.3 Å². The maximum absolute atomic E-state index is 6.02. The number of hydrogen-bond acceptors (Lipinski definition) is 4. The van der Waals surface area contributed by atoms with E-state index in [9.17, 15) is 0 Å². The molecule has 0 fully saturated rings. The van der Waals surface area contributed by atoms with Crippen molar-refractivity contribution in [1.29, 1.82) is 0 Å². The molecule has 0 heterocycles. The first-order chi connectivity index (χ1) is 30.5. The molecule has 2 atom stereocenters. The average molecular weight is 805 g/mol. The fraction of sp³-hybridized carbons (Fsp3) is 0.0862. The maximum Gasteiger partial charge on any atom is 0.0577 e. The first kappa shape index (κ1) is 42.2. The Labute approximate surface area is 368 Å². The Hall–Kier alpha value is -7.96. The van der Waals surface area contributed by atoms with Gasteiger partial charge in [0.05, 0.1) is 11.7 Å². The van der Waals surface area contributed by atoms with Gasteiger partial charge in [-0.1, -0.05) is 128 Å². The van der Waals surface area contributed by atoms with Crippen LogP contribution >= 0.6 is 0 Å². The summed E-state index contributed by atoms with van der Waals surface area (Å²) in [7, 11) is 0. The van der Waals surface area contributed by atoms with Crippen LogP contribution in [0.2, 0.25) is 0 Å². The zero-order valence-corrected chi connectivity index (χ0v) is 35.4. The molecule has 62 heavy (non-hydrogen) atoms. The number of nitrogens with zero attached hydrogens (tertiary/aromatic N) is 3. The van der Waals surface area contributed by atoms with E-state index in [4.69, 9.17) is 6.42 Å². The van der Waals surface area contributed by atoms with Gasteiger partial charge < -0.3 is 20.0 Å². The number of anilines is 6. The van der Waals surface area contributed by atoms with Crippen LogP contribution in [0.4, 0.5) is 34.1 Å². The van der Waals surface area contributed by atoms with Crippen molar-refractivity contribution in [2.24, 2.45) is 5.41 Å². The van der Waals surface area contributed by atoms with Gasteiger partial charge in [0.25, 0.3) is 0 Å². The number of nitrogens with one attached hydrogen (secondary N) is 1. The second-order valence-electron chi connectivity index (χ2n) is 14.9. The lowest BCUT2D eigenvalue weighted by Crippen LogP contribution is -2.44. The summed E-state index contributed by atoms with van der Waals surface area (Å²) in [6, 6.07) is 50.4. The van der Waals surface area contributed by atoms with Crippen molar-refractivity contribution in [2.75, 3.05) is 21.2 Å². The summed E-state index contributed by atoms with van der Waals surface area (Å²) in [4.78, 5) is 6.84. The second-order valence-corrected chi connectivity index (χ2v) is 14.9. The largest absolute Gasteiger partial charge is 0.378 e. The highest BCUT2D eigenvalue weighted by molar-refractivity contribution is 5.78. The normalized spacial score (nSPS) is 17.3. The Bertz CT molecular complexity index is 2570. The SMILES string of the molecule is C#C/C=C(\C=C/CN(C1=CC(C)(C2=CC=C=CC=C2)C(N/C(C=C)=C/C=C\C)C=C1)c1ccc(N(c2ccccc2)c2ccccc2)cc1)N(c1ccccc1)c1ccccc1. The number of hydrogen-bond donors (Lipinski definition) is 1. The van der Waals surface area contributed by atoms with E-state index in [0.717, 1.165) is 56.8 Å². The van der Waals surface area contributed by atoms with Crippen LogP contribution in [0.1, 0.15) is 13.8 Å². The summed E-state index contributed by atoms with van der Waals surface area (Å²) in [5.74, 6) is 2.81. The van der Waals surface area contributed by atoms with Gasteiger partial charge in [0, 0.05) is 63.6 Å². The fourth-order valence-electron chi connectivity index (χ4n) is 7.73. The molecule has 0 spiro atoms. The molecular formula is C58H52N4. The lowest BCUT2D eigenvalue weighted by Gasteiger charge is -2.41. The van der Waals surface area contributed by atoms with E-state index in [1.54, 1.807) is 0 Å². The van der Waals surface area contributed by atoms with Gasteiger partial charge in [0.2, 0.25) is 0 Å². The topological polar surface area (TPSA) is 21.8 Å². The van der Waals surface area contributed by atoms with E-state index in [2.05, 4.69) is 197 Å². The third-order valence-corrected chi connectivity index (χ3v) is 10.9. The van der Waals surface area contributed by atoms with Gasteiger partial charge in [0.15, 0.2) is 0 Å². The number of rotatable bonds is 16. The van der Waals surface area contributed by atoms with Gasteiger partial charge in [-0.25, -0.2) is 0 Å². The molecule has 0 amide bonds. The second kappa shape index (κ2) is 20.8. The Morgan fingerprint density at radius 3 is 1.89 bits per heavy atom. The molecule has 304 valence electrons. The van der Waals surface area contributed by atoms with Crippen LogP contribution in [0.5, 0.6) is 0 Å². The van der Waals surface area contributed by atoms with Crippen LogP contribution in [0.3, 0.4) is 0 Å². The van der Waals surface area contributed by atoms with E-state index >= 15 is 0 Å². The molecule has 0 saturated carbocycles. The molecule has 5 aromatic rings. The average Bonchev–Trinajstić information content (AvgIpc) is 3.62. The van der Waals surface area contributed by atoms with E-state index in [1.807, 2.05) is 91.9 Å². The summed E-state index contributed by atoms with van der Waals surface area (Å²) >= 11 is 0. The number of allylic oxidation sites excluding steroid dienone is 11. The molecule has 5 aromatic carbocycles. The number of benzene rings is 5. The maximum atomic E-state index is 6.02. The molecule has 2 aliphatic rings. The molecule has 0 bridgehead atoms. The number of para-hydroxylation sites is 4. The van der Waals surface area contributed by atoms with Gasteiger partial charge in [-0.2, -0.15) is 0 Å². The number of terminal acetylenes is 1. The Balaban J connectivity index is 1.32. The Morgan fingerprint density at radius 1 is 0.758 bits per heavy atom. The molecule has 4 heteroatoms. The first-order valence-corrected chi connectivity index (χ1v) is 21.0. The summed E-state index contributed by atoms with van der Waals surface area (Å²) in [5, 5.41) is 3.79. The van der Waals surface area contributed by atoms with Gasteiger partial charge in [0.1, 0.15) is 0 Å². The summed E-state index contributed by atoms with van der Waals surface area (Å²) < 4.78 is 0. The minimum Gasteiger partial charge on any atom is -0.378 e. The zero-order valence-electron chi connectivity index (χ0n) is 35.4. The van der Waals surface area contributed by atoms with E-state index in [-0.39, 0.29) is 6.04 Å².